The number of carbonyl (C=O) groups is 1. The summed E-state index contributed by atoms with van der Waals surface area (Å²) in [6, 6.07) is 21.5. The van der Waals surface area contributed by atoms with Gasteiger partial charge in [-0.1, -0.05) is 54.1 Å². The van der Waals surface area contributed by atoms with Gasteiger partial charge in [0.15, 0.2) is 11.5 Å². The van der Waals surface area contributed by atoms with Crippen LogP contribution in [0.3, 0.4) is 0 Å². The predicted molar refractivity (Wildman–Crippen MR) is 121 cm³/mol. The summed E-state index contributed by atoms with van der Waals surface area (Å²) in [5.74, 6) is 0.669. The molecule has 0 heterocycles. The van der Waals surface area contributed by atoms with E-state index < -0.39 is 0 Å². The third kappa shape index (κ3) is 5.29. The van der Waals surface area contributed by atoms with Crippen LogP contribution >= 0.6 is 27.5 Å². The number of methoxy groups -OCH3 is 1. The first-order chi connectivity index (χ1) is 14.5. The van der Waals surface area contributed by atoms with Crippen LogP contribution in [0.1, 0.15) is 21.5 Å². The number of ketones is 1. The van der Waals surface area contributed by atoms with Gasteiger partial charge in [-0.15, -0.1) is 0 Å². The number of Topliss-reactive ketones (excluding diaryl/α,β-unsaturated/α-hetero) is 1. The molecule has 4 nitrogen and oxygen atoms in total. The number of benzene rings is 3. The monoisotopic (exact) mass is 481 g/mol. The SMILES string of the molecule is COc1cc(C=C(C#N)C(=O)c2ccccc2)cc(Br)c1OCc1ccc(Cl)cc1. The van der Waals surface area contributed by atoms with Crippen LogP contribution in [0, 0.1) is 11.3 Å². The van der Waals surface area contributed by atoms with Gasteiger partial charge in [0.25, 0.3) is 0 Å². The second kappa shape index (κ2) is 10.1. The molecule has 0 atom stereocenters. The van der Waals surface area contributed by atoms with Crippen LogP contribution < -0.4 is 9.47 Å². The second-order valence-corrected chi connectivity index (χ2v) is 7.60. The number of hydrogen-bond donors (Lipinski definition) is 0. The molecule has 0 N–H and O–H groups in total. The molecule has 0 aromatic heterocycles. The van der Waals surface area contributed by atoms with E-state index in [1.54, 1.807) is 48.5 Å². The van der Waals surface area contributed by atoms with Crippen LogP contribution in [0.2, 0.25) is 5.02 Å². The van der Waals surface area contributed by atoms with Gasteiger partial charge in [0.05, 0.1) is 11.6 Å². The summed E-state index contributed by atoms with van der Waals surface area (Å²) in [5, 5.41) is 10.1. The molecule has 150 valence electrons. The summed E-state index contributed by atoms with van der Waals surface area (Å²) in [6.07, 6.45) is 1.53. The number of rotatable bonds is 7. The highest BCUT2D eigenvalue weighted by Gasteiger charge is 2.15. The average molecular weight is 483 g/mol. The van der Waals surface area contributed by atoms with Crippen molar-refractivity contribution in [3.8, 4) is 17.6 Å². The van der Waals surface area contributed by atoms with Gasteiger partial charge >= 0.3 is 0 Å². The van der Waals surface area contributed by atoms with E-state index in [9.17, 15) is 10.1 Å². The average Bonchev–Trinajstić information content (AvgIpc) is 2.77. The molecule has 3 rings (SSSR count). The maximum absolute atomic E-state index is 12.6. The van der Waals surface area contributed by atoms with E-state index in [1.807, 2.05) is 24.3 Å². The van der Waals surface area contributed by atoms with Crippen molar-refractivity contribution in [3.63, 3.8) is 0 Å². The lowest BCUT2D eigenvalue weighted by atomic mass is 10.0. The number of carbonyl (C=O) groups excluding carboxylic acids is 1. The van der Waals surface area contributed by atoms with E-state index in [1.165, 1.54) is 13.2 Å². The van der Waals surface area contributed by atoms with Crippen LogP contribution in [-0.4, -0.2) is 12.9 Å². The fourth-order valence-corrected chi connectivity index (χ4v) is 3.46. The Kier molecular flexibility index (Phi) is 7.29. The number of allylic oxidation sites excluding steroid dienone is 1. The van der Waals surface area contributed by atoms with Crippen molar-refractivity contribution in [2.24, 2.45) is 0 Å². The summed E-state index contributed by atoms with van der Waals surface area (Å²) in [5.41, 5.74) is 2.08. The Balaban J connectivity index is 1.87. The normalized spacial score (nSPS) is 10.9. The molecule has 30 heavy (non-hydrogen) atoms. The number of hydrogen-bond acceptors (Lipinski definition) is 4. The van der Waals surface area contributed by atoms with Gasteiger partial charge in [-0.25, -0.2) is 0 Å². The molecule has 3 aromatic rings. The minimum atomic E-state index is -0.337. The Bertz CT molecular complexity index is 1120. The molecule has 0 bridgehead atoms. The van der Waals surface area contributed by atoms with Gasteiger partial charge in [-0.2, -0.15) is 5.26 Å². The van der Waals surface area contributed by atoms with Crippen LogP contribution in [0.5, 0.6) is 11.5 Å². The quantitative estimate of drug-likeness (QED) is 0.220. The molecule has 0 saturated carbocycles. The van der Waals surface area contributed by atoms with E-state index in [4.69, 9.17) is 21.1 Å². The minimum absolute atomic E-state index is 0.0324. The zero-order valence-corrected chi connectivity index (χ0v) is 18.4. The van der Waals surface area contributed by atoms with Gasteiger partial charge < -0.3 is 9.47 Å². The Labute approximate surface area is 188 Å². The molecular formula is C24H17BrClNO3. The first-order valence-corrected chi connectivity index (χ1v) is 10.1. The summed E-state index contributed by atoms with van der Waals surface area (Å²) < 4.78 is 12.0. The third-order valence-electron chi connectivity index (χ3n) is 4.26. The maximum atomic E-state index is 12.6. The Morgan fingerprint density at radius 3 is 2.47 bits per heavy atom. The Morgan fingerprint density at radius 2 is 1.83 bits per heavy atom. The molecule has 0 amide bonds. The van der Waals surface area contributed by atoms with Crippen molar-refractivity contribution >= 4 is 39.4 Å². The van der Waals surface area contributed by atoms with Crippen LogP contribution in [0.15, 0.2) is 76.8 Å². The topological polar surface area (TPSA) is 59.3 Å². The van der Waals surface area contributed by atoms with Gasteiger partial charge in [-0.05, 0) is 57.4 Å². The smallest absolute Gasteiger partial charge is 0.203 e. The van der Waals surface area contributed by atoms with Gasteiger partial charge in [0.1, 0.15) is 18.2 Å². The lowest BCUT2D eigenvalue weighted by Crippen LogP contribution is -2.02. The highest BCUT2D eigenvalue weighted by atomic mass is 79.9. The number of nitrogens with zero attached hydrogens (tertiary/aromatic N) is 1. The molecule has 0 radical (unpaired) electrons. The van der Waals surface area contributed by atoms with Crippen LogP contribution in [-0.2, 0) is 6.61 Å². The first kappa shape index (κ1) is 21.6. The second-order valence-electron chi connectivity index (χ2n) is 6.31. The van der Waals surface area contributed by atoms with Crippen molar-refractivity contribution in [2.45, 2.75) is 6.61 Å². The zero-order valence-electron chi connectivity index (χ0n) is 16.1. The van der Waals surface area contributed by atoms with E-state index in [0.717, 1.165) is 5.56 Å². The standard InChI is InChI=1S/C24H17BrClNO3/c1-29-22-13-17(11-19(14-27)23(28)18-5-3-2-4-6-18)12-21(25)24(22)30-15-16-7-9-20(26)10-8-16/h2-13H,15H2,1H3. The maximum Gasteiger partial charge on any atom is 0.203 e. The number of halogens is 2. The fraction of sp³-hybridized carbons (Fsp3) is 0.0833. The lowest BCUT2D eigenvalue weighted by molar-refractivity contribution is 0.104. The Morgan fingerprint density at radius 1 is 1.13 bits per heavy atom. The molecule has 0 aliphatic carbocycles. The van der Waals surface area contributed by atoms with Gasteiger partial charge in [0.2, 0.25) is 5.78 Å². The molecule has 0 unspecified atom stereocenters. The molecule has 0 aliphatic rings. The first-order valence-electron chi connectivity index (χ1n) is 8.98. The van der Waals surface area contributed by atoms with Crippen molar-refractivity contribution < 1.29 is 14.3 Å². The summed E-state index contributed by atoms with van der Waals surface area (Å²) in [7, 11) is 1.53. The van der Waals surface area contributed by atoms with E-state index in [0.29, 0.717) is 38.7 Å². The molecule has 6 heteroatoms. The van der Waals surface area contributed by atoms with Crippen molar-refractivity contribution in [3.05, 3.63) is 98.5 Å². The number of ether oxygens (including phenoxy) is 2. The van der Waals surface area contributed by atoms with Crippen LogP contribution in [0.4, 0.5) is 0 Å². The predicted octanol–water partition coefficient (Wildman–Crippen LogP) is 6.48. The molecule has 3 aromatic carbocycles. The van der Waals surface area contributed by atoms with E-state index in [-0.39, 0.29) is 11.4 Å². The number of nitriles is 1. The highest BCUT2D eigenvalue weighted by Crippen LogP contribution is 2.38. The molecule has 0 spiro atoms. The summed E-state index contributed by atoms with van der Waals surface area (Å²) in [4.78, 5) is 12.6. The summed E-state index contributed by atoms with van der Waals surface area (Å²) in [6.45, 7) is 0.331. The van der Waals surface area contributed by atoms with Gasteiger partial charge in [-0.3, -0.25) is 4.79 Å². The van der Waals surface area contributed by atoms with Crippen molar-refractivity contribution in [1.29, 1.82) is 5.26 Å². The van der Waals surface area contributed by atoms with Gasteiger partial charge in [0, 0.05) is 10.6 Å². The highest BCUT2D eigenvalue weighted by molar-refractivity contribution is 9.10. The minimum Gasteiger partial charge on any atom is -0.493 e. The van der Waals surface area contributed by atoms with Crippen molar-refractivity contribution in [1.82, 2.24) is 0 Å². The van der Waals surface area contributed by atoms with E-state index >= 15 is 0 Å². The van der Waals surface area contributed by atoms with Crippen molar-refractivity contribution in [2.75, 3.05) is 7.11 Å². The fourth-order valence-electron chi connectivity index (χ4n) is 2.76. The van der Waals surface area contributed by atoms with E-state index in [2.05, 4.69) is 15.9 Å². The molecular weight excluding hydrogens is 466 g/mol. The van der Waals surface area contributed by atoms with Crippen LogP contribution in [0.25, 0.3) is 6.08 Å². The lowest BCUT2D eigenvalue weighted by Gasteiger charge is -2.14. The largest absolute Gasteiger partial charge is 0.493 e. The molecule has 0 aliphatic heterocycles. The molecule has 0 saturated heterocycles. The third-order valence-corrected chi connectivity index (χ3v) is 5.10. The summed E-state index contributed by atoms with van der Waals surface area (Å²) >= 11 is 9.41. The Hall–Kier alpha value is -3.07. The molecule has 0 fully saturated rings. The zero-order chi connectivity index (χ0) is 21.5.